The Labute approximate surface area is 138 Å². The predicted octanol–water partition coefficient (Wildman–Crippen LogP) is 1.63. The highest BCUT2D eigenvalue weighted by atomic mass is 16.5. The number of hydrogen-bond donors (Lipinski definition) is 2. The molecule has 0 aliphatic heterocycles. The molecular formula is C17H19NO6. The first-order valence-corrected chi connectivity index (χ1v) is 7.49. The van der Waals surface area contributed by atoms with Crippen LogP contribution >= 0.6 is 0 Å². The van der Waals surface area contributed by atoms with Crippen molar-refractivity contribution in [2.45, 2.75) is 32.7 Å². The van der Waals surface area contributed by atoms with Crippen molar-refractivity contribution in [3.05, 3.63) is 39.7 Å². The number of carbonyl (C=O) groups is 2. The Morgan fingerprint density at radius 2 is 2.08 bits per heavy atom. The lowest BCUT2D eigenvalue weighted by molar-refractivity contribution is -0.141. The SMILES string of the molecule is CCC(NC(=O)Cc1cc(=O)oc2c(C)c(OC)ccc12)C(=O)O. The fourth-order valence-corrected chi connectivity index (χ4v) is 2.53. The number of aliphatic carboxylic acids is 1. The van der Waals surface area contributed by atoms with E-state index in [-0.39, 0.29) is 12.8 Å². The molecule has 128 valence electrons. The summed E-state index contributed by atoms with van der Waals surface area (Å²) in [4.78, 5) is 34.9. The van der Waals surface area contributed by atoms with Gasteiger partial charge in [-0.1, -0.05) is 6.92 Å². The van der Waals surface area contributed by atoms with Crippen molar-refractivity contribution in [2.24, 2.45) is 0 Å². The maximum Gasteiger partial charge on any atom is 0.336 e. The van der Waals surface area contributed by atoms with Gasteiger partial charge in [-0.2, -0.15) is 0 Å². The van der Waals surface area contributed by atoms with Crippen molar-refractivity contribution >= 4 is 22.8 Å². The van der Waals surface area contributed by atoms with Crippen LogP contribution in [0, 0.1) is 6.92 Å². The van der Waals surface area contributed by atoms with E-state index in [4.69, 9.17) is 14.3 Å². The molecule has 1 atom stereocenters. The monoisotopic (exact) mass is 333 g/mol. The molecule has 7 heteroatoms. The van der Waals surface area contributed by atoms with Gasteiger partial charge in [0.05, 0.1) is 13.5 Å². The number of carbonyl (C=O) groups excluding carboxylic acids is 1. The Morgan fingerprint density at radius 1 is 1.38 bits per heavy atom. The molecule has 1 heterocycles. The largest absolute Gasteiger partial charge is 0.496 e. The standard InChI is InChI=1S/C17H19NO6/c1-4-12(17(21)22)18-14(19)7-10-8-15(20)24-16-9(2)13(23-3)6-5-11(10)16/h5-6,8,12H,4,7H2,1-3H3,(H,18,19)(H,21,22). The molecule has 2 N–H and O–H groups in total. The van der Waals surface area contributed by atoms with Gasteiger partial charge in [0.25, 0.3) is 0 Å². The summed E-state index contributed by atoms with van der Waals surface area (Å²) in [5, 5.41) is 12.1. The van der Waals surface area contributed by atoms with Crippen LogP contribution in [0.1, 0.15) is 24.5 Å². The van der Waals surface area contributed by atoms with Gasteiger partial charge in [-0.3, -0.25) is 4.79 Å². The molecule has 0 spiro atoms. The van der Waals surface area contributed by atoms with Gasteiger partial charge in [-0.25, -0.2) is 9.59 Å². The molecular weight excluding hydrogens is 314 g/mol. The number of carboxylic acid groups (broad SMARTS) is 1. The number of aryl methyl sites for hydroxylation is 1. The average molecular weight is 333 g/mol. The Kier molecular flexibility index (Phi) is 5.23. The number of fused-ring (bicyclic) bond motifs is 1. The Hall–Kier alpha value is -2.83. The molecule has 0 aliphatic carbocycles. The number of hydrogen-bond acceptors (Lipinski definition) is 5. The first-order chi connectivity index (χ1) is 11.4. The number of carboxylic acids is 1. The lowest BCUT2D eigenvalue weighted by atomic mass is 10.0. The fourth-order valence-electron chi connectivity index (χ4n) is 2.53. The predicted molar refractivity (Wildman–Crippen MR) is 87.3 cm³/mol. The van der Waals surface area contributed by atoms with Gasteiger partial charge in [-0.15, -0.1) is 0 Å². The van der Waals surface area contributed by atoms with E-state index in [2.05, 4.69) is 5.32 Å². The highest BCUT2D eigenvalue weighted by molar-refractivity contribution is 5.91. The van der Waals surface area contributed by atoms with E-state index < -0.39 is 23.5 Å². The van der Waals surface area contributed by atoms with Gasteiger partial charge in [0.2, 0.25) is 5.91 Å². The summed E-state index contributed by atoms with van der Waals surface area (Å²) in [6, 6.07) is 3.73. The molecule has 0 bridgehead atoms. The van der Waals surface area contributed by atoms with Gasteiger partial charge in [0, 0.05) is 17.0 Å². The Morgan fingerprint density at radius 3 is 2.67 bits per heavy atom. The third kappa shape index (κ3) is 3.56. The summed E-state index contributed by atoms with van der Waals surface area (Å²) in [6.45, 7) is 3.42. The normalized spacial score (nSPS) is 12.0. The van der Waals surface area contributed by atoms with Crippen molar-refractivity contribution < 1.29 is 23.8 Å². The van der Waals surface area contributed by atoms with E-state index >= 15 is 0 Å². The molecule has 2 aromatic rings. The number of rotatable bonds is 6. The minimum absolute atomic E-state index is 0.113. The maximum atomic E-state index is 12.1. The van der Waals surface area contributed by atoms with Crippen LogP contribution < -0.4 is 15.7 Å². The van der Waals surface area contributed by atoms with Crippen molar-refractivity contribution in [1.29, 1.82) is 0 Å². The minimum Gasteiger partial charge on any atom is -0.496 e. The minimum atomic E-state index is -1.09. The molecule has 0 aliphatic rings. The molecule has 2 rings (SSSR count). The molecule has 1 unspecified atom stereocenters. The summed E-state index contributed by atoms with van der Waals surface area (Å²) in [6.07, 6.45) is 0.159. The molecule has 1 aromatic carbocycles. The lowest BCUT2D eigenvalue weighted by Gasteiger charge is -2.13. The molecule has 24 heavy (non-hydrogen) atoms. The van der Waals surface area contributed by atoms with Crippen LogP contribution in [0.25, 0.3) is 11.0 Å². The zero-order valence-corrected chi connectivity index (χ0v) is 13.7. The third-order valence-electron chi connectivity index (χ3n) is 3.81. The quantitative estimate of drug-likeness (QED) is 0.778. The van der Waals surface area contributed by atoms with Crippen molar-refractivity contribution in [2.75, 3.05) is 7.11 Å². The van der Waals surface area contributed by atoms with Crippen LogP contribution in [-0.4, -0.2) is 30.1 Å². The second kappa shape index (κ2) is 7.16. The molecule has 0 saturated heterocycles. The number of benzene rings is 1. The van der Waals surface area contributed by atoms with E-state index in [1.54, 1.807) is 26.0 Å². The van der Waals surface area contributed by atoms with Crippen LogP contribution in [0.5, 0.6) is 5.75 Å². The van der Waals surface area contributed by atoms with Gasteiger partial charge in [0.15, 0.2) is 0 Å². The summed E-state index contributed by atoms with van der Waals surface area (Å²) < 4.78 is 10.4. The van der Waals surface area contributed by atoms with E-state index in [9.17, 15) is 14.4 Å². The molecule has 1 amide bonds. The van der Waals surface area contributed by atoms with E-state index in [1.165, 1.54) is 13.2 Å². The van der Waals surface area contributed by atoms with Gasteiger partial charge < -0.3 is 19.6 Å². The van der Waals surface area contributed by atoms with E-state index in [0.717, 1.165) is 0 Å². The van der Waals surface area contributed by atoms with Crippen molar-refractivity contribution in [3.8, 4) is 5.75 Å². The number of methoxy groups -OCH3 is 1. The summed E-state index contributed by atoms with van der Waals surface area (Å²) in [5.41, 5.74) is 0.915. The summed E-state index contributed by atoms with van der Waals surface area (Å²) in [7, 11) is 1.51. The second-order valence-electron chi connectivity index (χ2n) is 5.40. The smallest absolute Gasteiger partial charge is 0.336 e. The van der Waals surface area contributed by atoms with Gasteiger partial charge >= 0.3 is 11.6 Å². The number of nitrogens with one attached hydrogen (secondary N) is 1. The van der Waals surface area contributed by atoms with Crippen molar-refractivity contribution in [3.63, 3.8) is 0 Å². The van der Waals surface area contributed by atoms with Gasteiger partial charge in [-0.05, 0) is 31.0 Å². The van der Waals surface area contributed by atoms with Crippen LogP contribution in [0.4, 0.5) is 0 Å². The van der Waals surface area contributed by atoms with Gasteiger partial charge in [0.1, 0.15) is 17.4 Å². The van der Waals surface area contributed by atoms with Crippen molar-refractivity contribution in [1.82, 2.24) is 5.32 Å². The zero-order valence-electron chi connectivity index (χ0n) is 13.7. The molecule has 0 radical (unpaired) electrons. The van der Waals surface area contributed by atoms with Crippen LogP contribution in [0.15, 0.2) is 27.4 Å². The zero-order chi connectivity index (χ0) is 17.9. The summed E-state index contributed by atoms with van der Waals surface area (Å²) in [5.74, 6) is -0.988. The molecule has 0 saturated carbocycles. The van der Waals surface area contributed by atoms with E-state index in [1.807, 2.05) is 0 Å². The Bertz CT molecular complexity index is 839. The lowest BCUT2D eigenvalue weighted by Crippen LogP contribution is -2.41. The highest BCUT2D eigenvalue weighted by Gasteiger charge is 2.19. The molecule has 0 fully saturated rings. The van der Waals surface area contributed by atoms with Crippen LogP contribution in [-0.2, 0) is 16.0 Å². The third-order valence-corrected chi connectivity index (χ3v) is 3.81. The Balaban J connectivity index is 2.39. The average Bonchev–Trinajstić information content (AvgIpc) is 2.53. The molecule has 1 aromatic heterocycles. The topological polar surface area (TPSA) is 106 Å². The maximum absolute atomic E-state index is 12.1. The number of ether oxygens (including phenoxy) is 1. The first-order valence-electron chi connectivity index (χ1n) is 7.49. The summed E-state index contributed by atoms with van der Waals surface area (Å²) >= 11 is 0. The van der Waals surface area contributed by atoms with Crippen LogP contribution in [0.2, 0.25) is 0 Å². The fraction of sp³-hybridized carbons (Fsp3) is 0.353. The number of amides is 1. The van der Waals surface area contributed by atoms with E-state index in [0.29, 0.717) is 27.8 Å². The highest BCUT2D eigenvalue weighted by Crippen LogP contribution is 2.28. The molecule has 7 nitrogen and oxygen atoms in total. The first kappa shape index (κ1) is 17.5. The van der Waals surface area contributed by atoms with Crippen LogP contribution in [0.3, 0.4) is 0 Å². The second-order valence-corrected chi connectivity index (χ2v) is 5.40.